The van der Waals surface area contributed by atoms with E-state index in [0.717, 1.165) is 11.0 Å². The van der Waals surface area contributed by atoms with Crippen molar-refractivity contribution in [2.24, 2.45) is 5.92 Å². The number of aromatic nitrogens is 1. The highest BCUT2D eigenvalue weighted by atomic mass is 19.2. The third-order valence-electron chi connectivity index (χ3n) is 4.69. The van der Waals surface area contributed by atoms with Gasteiger partial charge in [0.2, 0.25) is 5.91 Å². The second-order valence-corrected chi connectivity index (χ2v) is 6.82. The number of carbonyl (C=O) groups is 2. The lowest BCUT2D eigenvalue weighted by Gasteiger charge is -2.23. The third-order valence-corrected chi connectivity index (χ3v) is 4.69. The van der Waals surface area contributed by atoms with Crippen LogP contribution in [0.25, 0.3) is 10.9 Å². The van der Waals surface area contributed by atoms with Gasteiger partial charge in [0, 0.05) is 25.0 Å². The maximum Gasteiger partial charge on any atom is 0.270 e. The van der Waals surface area contributed by atoms with Crippen LogP contribution in [0, 0.1) is 34.7 Å². The molecule has 2 aromatic rings. The van der Waals surface area contributed by atoms with Crippen molar-refractivity contribution >= 4 is 22.7 Å². The first-order chi connectivity index (χ1) is 12.7. The Hall–Kier alpha value is -3.02. The van der Waals surface area contributed by atoms with Gasteiger partial charge in [-0.05, 0) is 18.4 Å². The molecule has 0 radical (unpaired) electrons. The minimum atomic E-state index is -1.37. The summed E-state index contributed by atoms with van der Waals surface area (Å²) in [4.78, 5) is 29.8. The molecule has 9 heteroatoms. The molecule has 0 saturated carbocycles. The molecule has 1 fully saturated rings. The summed E-state index contributed by atoms with van der Waals surface area (Å²) in [6.45, 7) is 2.07. The molecule has 1 aromatic carbocycles. The summed E-state index contributed by atoms with van der Waals surface area (Å²) in [7, 11) is 1.36. The number of likely N-dealkylation sites (N-methyl/N-ethyl adjacent to an activating group) is 1. The number of benzene rings is 1. The number of amides is 2. The van der Waals surface area contributed by atoms with Crippen LogP contribution in [0.2, 0.25) is 0 Å². The minimum Gasteiger partial charge on any atom is -0.348 e. The van der Waals surface area contributed by atoms with Gasteiger partial charge < -0.3 is 14.8 Å². The monoisotopic (exact) mass is 378 g/mol. The van der Waals surface area contributed by atoms with Gasteiger partial charge in [-0.15, -0.1) is 0 Å². The highest BCUT2D eigenvalue weighted by molar-refractivity contribution is 5.99. The van der Waals surface area contributed by atoms with Gasteiger partial charge in [-0.25, -0.2) is 13.2 Å². The second-order valence-electron chi connectivity index (χ2n) is 6.82. The zero-order valence-corrected chi connectivity index (χ0v) is 14.7. The molecule has 1 saturated heterocycles. The standard InChI is InChI=1S/C18H17F3N4O2/c1-9-3-10(6-22)25(7-9)15(26)8-24(2)18(27)14-4-11-12(19)5-13(20)16(21)17(11)23-14/h4-5,9-10,23H,3,7-8H2,1-2H3. The van der Waals surface area contributed by atoms with Crippen molar-refractivity contribution in [1.82, 2.24) is 14.8 Å². The maximum atomic E-state index is 13.8. The summed E-state index contributed by atoms with van der Waals surface area (Å²) < 4.78 is 40.9. The number of carbonyl (C=O) groups excluding carboxylic acids is 2. The number of nitrogens with zero attached hydrogens (tertiary/aromatic N) is 3. The smallest absolute Gasteiger partial charge is 0.270 e. The first kappa shape index (κ1) is 18.8. The lowest BCUT2D eigenvalue weighted by molar-refractivity contribution is -0.131. The molecule has 142 valence electrons. The van der Waals surface area contributed by atoms with E-state index in [1.807, 2.05) is 6.92 Å². The SMILES string of the molecule is CC1CC(C#N)N(C(=O)CN(C)C(=O)c2cc3c(F)cc(F)c(F)c3[nH]2)C1. The van der Waals surface area contributed by atoms with Gasteiger partial charge >= 0.3 is 0 Å². The van der Waals surface area contributed by atoms with Crippen LogP contribution in [0.5, 0.6) is 0 Å². The van der Waals surface area contributed by atoms with Gasteiger partial charge in [0.25, 0.3) is 5.91 Å². The summed E-state index contributed by atoms with van der Waals surface area (Å²) in [6, 6.07) is 3.02. The van der Waals surface area contributed by atoms with Crippen molar-refractivity contribution in [3.8, 4) is 6.07 Å². The number of fused-ring (bicyclic) bond motifs is 1. The van der Waals surface area contributed by atoms with Crippen LogP contribution in [-0.4, -0.2) is 52.8 Å². The molecule has 2 atom stereocenters. The predicted octanol–water partition coefficient (Wildman–Crippen LogP) is 2.42. The lowest BCUT2D eigenvalue weighted by atomic mass is 10.1. The molecule has 2 unspecified atom stereocenters. The molecule has 27 heavy (non-hydrogen) atoms. The fourth-order valence-electron chi connectivity index (χ4n) is 3.32. The summed E-state index contributed by atoms with van der Waals surface area (Å²) in [6.07, 6.45) is 0.575. The van der Waals surface area contributed by atoms with E-state index in [0.29, 0.717) is 19.0 Å². The number of hydrogen-bond acceptors (Lipinski definition) is 3. The molecule has 1 aromatic heterocycles. The molecule has 6 nitrogen and oxygen atoms in total. The topological polar surface area (TPSA) is 80.2 Å². The summed E-state index contributed by atoms with van der Waals surface area (Å²) in [5.74, 6) is -4.53. The quantitative estimate of drug-likeness (QED) is 0.833. The molecule has 1 N–H and O–H groups in total. The van der Waals surface area contributed by atoms with E-state index in [9.17, 15) is 22.8 Å². The van der Waals surface area contributed by atoms with E-state index in [1.54, 1.807) is 0 Å². The van der Waals surface area contributed by atoms with Crippen LogP contribution < -0.4 is 0 Å². The highest BCUT2D eigenvalue weighted by Gasteiger charge is 2.34. The molecular formula is C18H17F3N4O2. The van der Waals surface area contributed by atoms with Crippen molar-refractivity contribution in [3.63, 3.8) is 0 Å². The number of rotatable bonds is 3. The molecular weight excluding hydrogens is 361 g/mol. The Kier molecular flexibility index (Phi) is 4.83. The summed E-state index contributed by atoms with van der Waals surface area (Å²) in [5, 5.41) is 8.89. The number of aromatic amines is 1. The fraction of sp³-hybridized carbons (Fsp3) is 0.389. The largest absolute Gasteiger partial charge is 0.348 e. The van der Waals surface area contributed by atoms with Crippen LogP contribution in [0.4, 0.5) is 13.2 Å². The van der Waals surface area contributed by atoms with Crippen LogP contribution in [-0.2, 0) is 4.79 Å². The Labute approximate surface area is 153 Å². The summed E-state index contributed by atoms with van der Waals surface area (Å²) >= 11 is 0. The van der Waals surface area contributed by atoms with E-state index in [1.165, 1.54) is 11.9 Å². The Morgan fingerprint density at radius 1 is 1.33 bits per heavy atom. The Morgan fingerprint density at radius 2 is 2.04 bits per heavy atom. The number of halogens is 3. The molecule has 2 heterocycles. The fourth-order valence-corrected chi connectivity index (χ4v) is 3.32. The molecule has 3 rings (SSSR count). The van der Waals surface area contributed by atoms with Crippen molar-refractivity contribution in [3.05, 3.63) is 35.3 Å². The zero-order valence-electron chi connectivity index (χ0n) is 14.7. The lowest BCUT2D eigenvalue weighted by Crippen LogP contribution is -2.43. The average molecular weight is 378 g/mol. The van der Waals surface area contributed by atoms with Crippen molar-refractivity contribution in [2.45, 2.75) is 19.4 Å². The minimum absolute atomic E-state index is 0.171. The average Bonchev–Trinajstić information content (AvgIpc) is 3.23. The van der Waals surface area contributed by atoms with Crippen molar-refractivity contribution in [2.75, 3.05) is 20.1 Å². The summed E-state index contributed by atoms with van der Waals surface area (Å²) in [5.41, 5.74) is -0.621. The van der Waals surface area contributed by atoms with Gasteiger partial charge in [-0.3, -0.25) is 9.59 Å². The van der Waals surface area contributed by atoms with Crippen LogP contribution >= 0.6 is 0 Å². The van der Waals surface area contributed by atoms with Crippen LogP contribution in [0.1, 0.15) is 23.8 Å². The molecule has 0 aliphatic carbocycles. The van der Waals surface area contributed by atoms with E-state index in [-0.39, 0.29) is 29.4 Å². The second kappa shape index (κ2) is 6.95. The van der Waals surface area contributed by atoms with Crippen LogP contribution in [0.15, 0.2) is 12.1 Å². The van der Waals surface area contributed by atoms with Crippen molar-refractivity contribution in [1.29, 1.82) is 5.26 Å². The van der Waals surface area contributed by atoms with Gasteiger partial charge in [0.15, 0.2) is 11.6 Å². The van der Waals surface area contributed by atoms with Gasteiger partial charge in [-0.2, -0.15) is 5.26 Å². The van der Waals surface area contributed by atoms with E-state index < -0.39 is 34.9 Å². The number of nitrogens with one attached hydrogen (secondary N) is 1. The molecule has 1 aliphatic rings. The number of nitriles is 1. The predicted molar refractivity (Wildman–Crippen MR) is 90.0 cm³/mol. The molecule has 2 amide bonds. The van der Waals surface area contributed by atoms with E-state index in [2.05, 4.69) is 11.1 Å². The first-order valence-corrected chi connectivity index (χ1v) is 8.33. The molecule has 0 spiro atoms. The third kappa shape index (κ3) is 3.35. The zero-order chi connectivity index (χ0) is 19.9. The maximum absolute atomic E-state index is 13.8. The normalized spacial score (nSPS) is 19.3. The number of hydrogen-bond donors (Lipinski definition) is 1. The molecule has 0 bridgehead atoms. The van der Waals surface area contributed by atoms with Gasteiger partial charge in [-0.1, -0.05) is 6.92 Å². The van der Waals surface area contributed by atoms with Crippen LogP contribution in [0.3, 0.4) is 0 Å². The van der Waals surface area contributed by atoms with Gasteiger partial charge in [0.1, 0.15) is 17.6 Å². The van der Waals surface area contributed by atoms with E-state index in [4.69, 9.17) is 5.26 Å². The highest BCUT2D eigenvalue weighted by Crippen LogP contribution is 2.25. The number of H-pyrrole nitrogens is 1. The Balaban J connectivity index is 1.79. The number of likely N-dealkylation sites (tertiary alicyclic amines) is 1. The van der Waals surface area contributed by atoms with Crippen molar-refractivity contribution < 1.29 is 22.8 Å². The first-order valence-electron chi connectivity index (χ1n) is 8.33. The Morgan fingerprint density at radius 3 is 2.70 bits per heavy atom. The van der Waals surface area contributed by atoms with Gasteiger partial charge in [0.05, 0.1) is 18.1 Å². The Bertz CT molecular complexity index is 966. The molecule has 1 aliphatic heterocycles. The van der Waals surface area contributed by atoms with E-state index >= 15 is 0 Å².